The van der Waals surface area contributed by atoms with Gasteiger partial charge in [-0.05, 0) is 63.2 Å². The molecule has 1 saturated carbocycles. The van der Waals surface area contributed by atoms with Crippen LogP contribution in [0.15, 0.2) is 12.1 Å². The van der Waals surface area contributed by atoms with E-state index in [1.54, 1.807) is 0 Å². The van der Waals surface area contributed by atoms with E-state index in [4.69, 9.17) is 4.74 Å². The monoisotopic (exact) mass is 310 g/mol. The standard InChI is InChI=1S/C17H24F2N2O/c18-15-7-14(10-21-9-12-3-5-20-6-4-12)17(8-16(15)19)22-11-13-1-2-13/h7-8,12-13,20-21H,1-6,9-11H2. The van der Waals surface area contributed by atoms with Crippen molar-refractivity contribution in [3.8, 4) is 5.75 Å². The van der Waals surface area contributed by atoms with Crippen molar-refractivity contribution in [2.45, 2.75) is 32.2 Å². The minimum atomic E-state index is -0.840. The van der Waals surface area contributed by atoms with Gasteiger partial charge in [0.25, 0.3) is 0 Å². The highest BCUT2D eigenvalue weighted by molar-refractivity contribution is 5.35. The molecule has 5 heteroatoms. The summed E-state index contributed by atoms with van der Waals surface area (Å²) < 4.78 is 32.6. The first-order valence-electron chi connectivity index (χ1n) is 8.24. The van der Waals surface area contributed by atoms with Crippen LogP contribution in [0.5, 0.6) is 5.75 Å². The van der Waals surface area contributed by atoms with Crippen molar-refractivity contribution in [2.75, 3.05) is 26.2 Å². The largest absolute Gasteiger partial charge is 0.493 e. The molecule has 1 heterocycles. The Labute approximate surface area is 130 Å². The second-order valence-corrected chi connectivity index (χ2v) is 6.45. The van der Waals surface area contributed by atoms with Crippen LogP contribution >= 0.6 is 0 Å². The molecular formula is C17H24F2N2O. The molecule has 2 fully saturated rings. The van der Waals surface area contributed by atoms with Gasteiger partial charge in [0.15, 0.2) is 11.6 Å². The van der Waals surface area contributed by atoms with Gasteiger partial charge in [0, 0.05) is 18.2 Å². The Morgan fingerprint density at radius 2 is 1.77 bits per heavy atom. The molecular weight excluding hydrogens is 286 g/mol. The number of ether oxygens (including phenoxy) is 1. The molecule has 1 aromatic carbocycles. The highest BCUT2D eigenvalue weighted by atomic mass is 19.2. The molecule has 0 atom stereocenters. The van der Waals surface area contributed by atoms with Crippen LogP contribution in [0.25, 0.3) is 0 Å². The van der Waals surface area contributed by atoms with Crippen LogP contribution in [0.4, 0.5) is 8.78 Å². The van der Waals surface area contributed by atoms with Crippen LogP contribution in [0.1, 0.15) is 31.2 Å². The summed E-state index contributed by atoms with van der Waals surface area (Å²) in [7, 11) is 0. The van der Waals surface area contributed by atoms with Gasteiger partial charge < -0.3 is 15.4 Å². The lowest BCUT2D eigenvalue weighted by Gasteiger charge is -2.23. The fourth-order valence-electron chi connectivity index (χ4n) is 2.83. The van der Waals surface area contributed by atoms with Gasteiger partial charge in [-0.3, -0.25) is 0 Å². The van der Waals surface area contributed by atoms with Crippen LogP contribution in [-0.2, 0) is 6.54 Å². The van der Waals surface area contributed by atoms with Crippen molar-refractivity contribution >= 4 is 0 Å². The van der Waals surface area contributed by atoms with E-state index in [1.165, 1.54) is 25.0 Å². The molecule has 0 unspecified atom stereocenters. The normalized spacial score (nSPS) is 19.4. The molecule has 0 radical (unpaired) electrons. The predicted molar refractivity (Wildman–Crippen MR) is 81.9 cm³/mol. The van der Waals surface area contributed by atoms with Gasteiger partial charge in [-0.25, -0.2) is 8.78 Å². The first-order valence-corrected chi connectivity index (χ1v) is 8.24. The second-order valence-electron chi connectivity index (χ2n) is 6.45. The van der Waals surface area contributed by atoms with Crippen molar-refractivity contribution in [3.63, 3.8) is 0 Å². The summed E-state index contributed by atoms with van der Waals surface area (Å²) in [5.41, 5.74) is 0.702. The summed E-state index contributed by atoms with van der Waals surface area (Å²) in [6.45, 7) is 4.15. The molecule has 1 aliphatic carbocycles. The molecule has 1 saturated heterocycles. The maximum absolute atomic E-state index is 13.5. The molecule has 22 heavy (non-hydrogen) atoms. The lowest BCUT2D eigenvalue weighted by molar-refractivity contribution is 0.292. The van der Waals surface area contributed by atoms with E-state index in [2.05, 4.69) is 10.6 Å². The number of halogens is 2. The van der Waals surface area contributed by atoms with Gasteiger partial charge in [0.05, 0.1) is 6.61 Å². The van der Waals surface area contributed by atoms with Gasteiger partial charge >= 0.3 is 0 Å². The van der Waals surface area contributed by atoms with Crippen molar-refractivity contribution in [3.05, 3.63) is 29.3 Å². The number of nitrogens with one attached hydrogen (secondary N) is 2. The van der Waals surface area contributed by atoms with Crippen molar-refractivity contribution in [2.24, 2.45) is 11.8 Å². The second kappa shape index (κ2) is 7.38. The summed E-state index contributed by atoms with van der Waals surface area (Å²) in [5.74, 6) is 0.0694. The Bertz CT molecular complexity index is 500. The van der Waals surface area contributed by atoms with E-state index in [1.807, 2.05) is 0 Å². The Balaban J connectivity index is 1.56. The van der Waals surface area contributed by atoms with Gasteiger partial charge in [0.1, 0.15) is 5.75 Å². The molecule has 1 aromatic rings. The van der Waals surface area contributed by atoms with E-state index < -0.39 is 11.6 Å². The van der Waals surface area contributed by atoms with Crippen LogP contribution < -0.4 is 15.4 Å². The summed E-state index contributed by atoms with van der Waals surface area (Å²) in [5, 5.41) is 6.70. The van der Waals surface area contributed by atoms with Gasteiger partial charge in [0.2, 0.25) is 0 Å². The van der Waals surface area contributed by atoms with E-state index in [0.29, 0.717) is 36.3 Å². The predicted octanol–water partition coefficient (Wildman–Crippen LogP) is 2.84. The zero-order valence-electron chi connectivity index (χ0n) is 12.8. The van der Waals surface area contributed by atoms with E-state index in [0.717, 1.165) is 32.5 Å². The zero-order chi connectivity index (χ0) is 15.4. The summed E-state index contributed by atoms with van der Waals surface area (Å²) in [6.07, 6.45) is 4.67. The average molecular weight is 310 g/mol. The highest BCUT2D eigenvalue weighted by Gasteiger charge is 2.23. The first kappa shape index (κ1) is 15.7. The van der Waals surface area contributed by atoms with Crippen LogP contribution in [0.2, 0.25) is 0 Å². The van der Waals surface area contributed by atoms with Crippen molar-refractivity contribution in [1.29, 1.82) is 0 Å². The lowest BCUT2D eigenvalue weighted by Crippen LogP contribution is -2.33. The van der Waals surface area contributed by atoms with E-state index >= 15 is 0 Å². The quantitative estimate of drug-likeness (QED) is 0.812. The minimum absolute atomic E-state index is 0.476. The molecule has 2 N–H and O–H groups in total. The molecule has 2 aliphatic rings. The third-order valence-corrected chi connectivity index (χ3v) is 4.48. The number of hydrogen-bond donors (Lipinski definition) is 2. The molecule has 3 nitrogen and oxygen atoms in total. The van der Waals surface area contributed by atoms with Gasteiger partial charge in [-0.2, -0.15) is 0 Å². The van der Waals surface area contributed by atoms with E-state index in [9.17, 15) is 8.78 Å². The maximum Gasteiger partial charge on any atom is 0.162 e. The third kappa shape index (κ3) is 4.40. The molecule has 0 bridgehead atoms. The zero-order valence-corrected chi connectivity index (χ0v) is 12.8. The molecule has 0 amide bonds. The molecule has 1 aliphatic heterocycles. The summed E-state index contributed by atoms with van der Waals surface area (Å²) >= 11 is 0. The van der Waals surface area contributed by atoms with Crippen LogP contribution in [0, 0.1) is 23.5 Å². The smallest absolute Gasteiger partial charge is 0.162 e. The minimum Gasteiger partial charge on any atom is -0.493 e. The molecule has 0 spiro atoms. The van der Waals surface area contributed by atoms with Crippen LogP contribution in [0.3, 0.4) is 0 Å². The number of hydrogen-bond acceptors (Lipinski definition) is 3. The Morgan fingerprint density at radius 1 is 1.05 bits per heavy atom. The number of piperidine rings is 1. The molecule has 3 rings (SSSR count). The summed E-state index contributed by atoms with van der Waals surface area (Å²) in [4.78, 5) is 0. The van der Waals surface area contributed by atoms with Gasteiger partial charge in [-0.1, -0.05) is 0 Å². The van der Waals surface area contributed by atoms with Crippen molar-refractivity contribution in [1.82, 2.24) is 10.6 Å². The molecule has 0 aromatic heterocycles. The topological polar surface area (TPSA) is 33.3 Å². The maximum atomic E-state index is 13.5. The third-order valence-electron chi connectivity index (χ3n) is 4.48. The SMILES string of the molecule is Fc1cc(CNCC2CCNCC2)c(OCC2CC2)cc1F. The Hall–Kier alpha value is -1.20. The fraction of sp³-hybridized carbons (Fsp3) is 0.647. The number of benzene rings is 1. The molecule has 122 valence electrons. The Kier molecular flexibility index (Phi) is 5.26. The van der Waals surface area contributed by atoms with E-state index in [-0.39, 0.29) is 0 Å². The first-order chi connectivity index (χ1) is 10.7. The lowest BCUT2D eigenvalue weighted by atomic mass is 9.98. The van der Waals surface area contributed by atoms with Gasteiger partial charge in [-0.15, -0.1) is 0 Å². The summed E-state index contributed by atoms with van der Waals surface area (Å²) in [6, 6.07) is 2.44. The number of rotatable bonds is 7. The van der Waals surface area contributed by atoms with Crippen LogP contribution in [-0.4, -0.2) is 26.2 Å². The highest BCUT2D eigenvalue weighted by Crippen LogP contribution is 2.31. The Morgan fingerprint density at radius 3 is 2.50 bits per heavy atom. The average Bonchev–Trinajstić information content (AvgIpc) is 3.34. The van der Waals surface area contributed by atoms with Crippen molar-refractivity contribution < 1.29 is 13.5 Å². The fourth-order valence-corrected chi connectivity index (χ4v) is 2.83.